The van der Waals surface area contributed by atoms with Crippen molar-refractivity contribution in [1.82, 2.24) is 4.98 Å². The summed E-state index contributed by atoms with van der Waals surface area (Å²) in [5.41, 5.74) is 11.0. The first-order valence-electron chi connectivity index (χ1n) is 6.73. The molecule has 0 bridgehead atoms. The number of rotatable bonds is 2. The average Bonchev–Trinajstić information content (AvgIpc) is 2.46. The van der Waals surface area contributed by atoms with Crippen LogP contribution in [0.15, 0.2) is 47.1 Å². The molecule has 3 rings (SSSR count). The molecule has 0 fully saturated rings. The van der Waals surface area contributed by atoms with Crippen LogP contribution in [0.4, 0.5) is 17.1 Å². The van der Waals surface area contributed by atoms with E-state index < -0.39 is 0 Å². The van der Waals surface area contributed by atoms with Gasteiger partial charge in [0, 0.05) is 44.2 Å². The number of halogens is 1. The lowest BCUT2D eigenvalue weighted by Gasteiger charge is -2.14. The zero-order valence-electron chi connectivity index (χ0n) is 11.9. The molecule has 21 heavy (non-hydrogen) atoms. The third kappa shape index (κ3) is 2.59. The molecule has 1 aromatic heterocycles. The van der Waals surface area contributed by atoms with Gasteiger partial charge in [-0.3, -0.25) is 4.98 Å². The second-order valence-corrected chi connectivity index (χ2v) is 5.97. The number of nitrogen functional groups attached to an aromatic ring is 1. The number of aromatic nitrogens is 1. The van der Waals surface area contributed by atoms with E-state index in [0.29, 0.717) is 0 Å². The molecule has 2 aromatic carbocycles. The van der Waals surface area contributed by atoms with Gasteiger partial charge < -0.3 is 11.1 Å². The molecule has 0 amide bonds. The maximum Gasteiger partial charge on any atom is 0.0466 e. The first-order valence-corrected chi connectivity index (χ1v) is 7.52. The molecule has 3 aromatic rings. The molecule has 0 spiro atoms. The Hall–Kier alpha value is -2.07. The van der Waals surface area contributed by atoms with Crippen molar-refractivity contribution >= 4 is 43.8 Å². The molecular formula is C17H16BrN3. The Morgan fingerprint density at radius 3 is 2.67 bits per heavy atom. The van der Waals surface area contributed by atoms with Crippen LogP contribution in [0, 0.1) is 13.8 Å². The van der Waals surface area contributed by atoms with E-state index in [1.807, 2.05) is 37.4 Å². The van der Waals surface area contributed by atoms with Gasteiger partial charge in [0.05, 0.1) is 0 Å². The Morgan fingerprint density at radius 2 is 1.86 bits per heavy atom. The van der Waals surface area contributed by atoms with Gasteiger partial charge in [0.15, 0.2) is 0 Å². The quantitative estimate of drug-likeness (QED) is 0.649. The summed E-state index contributed by atoms with van der Waals surface area (Å²) in [7, 11) is 0. The number of nitrogens with zero attached hydrogens (tertiary/aromatic N) is 1. The van der Waals surface area contributed by atoms with Gasteiger partial charge in [0.1, 0.15) is 0 Å². The second kappa shape index (κ2) is 5.37. The van der Waals surface area contributed by atoms with E-state index in [9.17, 15) is 0 Å². The molecule has 3 nitrogen and oxygen atoms in total. The van der Waals surface area contributed by atoms with Crippen molar-refractivity contribution in [2.75, 3.05) is 11.1 Å². The number of hydrogen-bond acceptors (Lipinski definition) is 3. The van der Waals surface area contributed by atoms with E-state index >= 15 is 0 Å². The molecule has 1 heterocycles. The van der Waals surface area contributed by atoms with E-state index in [-0.39, 0.29) is 0 Å². The molecule has 0 saturated heterocycles. The highest BCUT2D eigenvalue weighted by Gasteiger charge is 2.08. The van der Waals surface area contributed by atoms with Crippen LogP contribution in [0.25, 0.3) is 10.8 Å². The molecule has 3 N–H and O–H groups in total. The lowest BCUT2D eigenvalue weighted by molar-refractivity contribution is 1.22. The monoisotopic (exact) mass is 341 g/mol. The van der Waals surface area contributed by atoms with Crippen LogP contribution in [0.2, 0.25) is 0 Å². The van der Waals surface area contributed by atoms with Gasteiger partial charge in [-0.25, -0.2) is 0 Å². The third-order valence-corrected chi connectivity index (χ3v) is 4.47. The van der Waals surface area contributed by atoms with Gasteiger partial charge in [-0.2, -0.15) is 0 Å². The minimum Gasteiger partial charge on any atom is -0.398 e. The van der Waals surface area contributed by atoms with E-state index in [4.69, 9.17) is 5.73 Å². The number of pyridine rings is 1. The highest BCUT2D eigenvalue weighted by Crippen LogP contribution is 2.32. The number of hydrogen-bond donors (Lipinski definition) is 2. The minimum absolute atomic E-state index is 0.744. The molecule has 0 aliphatic rings. The summed E-state index contributed by atoms with van der Waals surface area (Å²) in [5, 5.41) is 5.55. The fourth-order valence-corrected chi connectivity index (χ4v) is 2.73. The summed E-state index contributed by atoms with van der Waals surface area (Å²) in [6.45, 7) is 4.06. The van der Waals surface area contributed by atoms with Crippen molar-refractivity contribution in [3.8, 4) is 0 Å². The van der Waals surface area contributed by atoms with Crippen LogP contribution in [0.1, 0.15) is 11.3 Å². The summed E-state index contributed by atoms with van der Waals surface area (Å²) in [6, 6.07) is 12.1. The maximum absolute atomic E-state index is 6.05. The van der Waals surface area contributed by atoms with Crippen LogP contribution in [0.5, 0.6) is 0 Å². The Balaban J connectivity index is 2.15. The van der Waals surface area contributed by atoms with Gasteiger partial charge in [-0.15, -0.1) is 0 Å². The Morgan fingerprint density at radius 1 is 1.05 bits per heavy atom. The Kier molecular flexibility index (Phi) is 3.55. The highest BCUT2D eigenvalue weighted by molar-refractivity contribution is 9.10. The Bertz CT molecular complexity index is 828. The molecule has 4 heteroatoms. The molecule has 0 atom stereocenters. The smallest absolute Gasteiger partial charge is 0.0466 e. The predicted molar refractivity (Wildman–Crippen MR) is 93.1 cm³/mol. The summed E-state index contributed by atoms with van der Waals surface area (Å²) in [5.74, 6) is 0. The standard InChI is InChI=1S/C17H16BrN3/c1-10-8-12-13(9-20-10)15(19)6-7-17(12)21-16-5-3-4-14(18)11(16)2/h3-9,21H,19H2,1-2H3. The number of nitrogens with one attached hydrogen (secondary N) is 1. The lowest BCUT2D eigenvalue weighted by Crippen LogP contribution is -1.97. The number of anilines is 3. The van der Waals surface area contributed by atoms with Gasteiger partial charge in [0.2, 0.25) is 0 Å². The van der Waals surface area contributed by atoms with Crippen LogP contribution in [0.3, 0.4) is 0 Å². The van der Waals surface area contributed by atoms with Crippen molar-refractivity contribution in [3.63, 3.8) is 0 Å². The zero-order chi connectivity index (χ0) is 15.0. The first-order chi connectivity index (χ1) is 10.1. The summed E-state index contributed by atoms with van der Waals surface area (Å²) >= 11 is 3.56. The number of nitrogens with two attached hydrogens (primary N) is 1. The van der Waals surface area contributed by atoms with Crippen LogP contribution in [-0.4, -0.2) is 4.98 Å². The summed E-state index contributed by atoms with van der Waals surface area (Å²) in [4.78, 5) is 4.33. The molecular weight excluding hydrogens is 326 g/mol. The maximum atomic E-state index is 6.05. The molecule has 0 unspecified atom stereocenters. The molecule has 0 aliphatic carbocycles. The van der Waals surface area contributed by atoms with Gasteiger partial charge in [-0.05, 0) is 49.7 Å². The van der Waals surface area contributed by atoms with E-state index in [1.54, 1.807) is 0 Å². The van der Waals surface area contributed by atoms with Crippen molar-refractivity contribution in [2.24, 2.45) is 0 Å². The lowest BCUT2D eigenvalue weighted by atomic mass is 10.1. The normalized spacial score (nSPS) is 10.8. The zero-order valence-corrected chi connectivity index (χ0v) is 13.5. The molecule has 106 valence electrons. The Labute approximate surface area is 132 Å². The third-order valence-electron chi connectivity index (χ3n) is 3.61. The fourth-order valence-electron chi connectivity index (χ4n) is 2.36. The number of fused-ring (bicyclic) bond motifs is 1. The van der Waals surface area contributed by atoms with E-state index in [0.717, 1.165) is 38.0 Å². The fraction of sp³-hybridized carbons (Fsp3) is 0.118. The van der Waals surface area contributed by atoms with Crippen LogP contribution < -0.4 is 11.1 Å². The van der Waals surface area contributed by atoms with Crippen molar-refractivity contribution in [1.29, 1.82) is 0 Å². The van der Waals surface area contributed by atoms with Crippen LogP contribution in [-0.2, 0) is 0 Å². The SMILES string of the molecule is Cc1cc2c(Nc3cccc(Br)c3C)ccc(N)c2cn1. The van der Waals surface area contributed by atoms with Crippen molar-refractivity contribution in [3.05, 3.63) is 58.3 Å². The number of benzene rings is 2. The summed E-state index contributed by atoms with van der Waals surface area (Å²) in [6.07, 6.45) is 1.83. The van der Waals surface area contributed by atoms with Crippen molar-refractivity contribution in [2.45, 2.75) is 13.8 Å². The highest BCUT2D eigenvalue weighted by atomic mass is 79.9. The molecule has 0 saturated carbocycles. The summed E-state index contributed by atoms with van der Waals surface area (Å²) < 4.78 is 1.09. The van der Waals surface area contributed by atoms with Gasteiger partial charge in [-0.1, -0.05) is 22.0 Å². The first kappa shape index (κ1) is 13.9. The minimum atomic E-state index is 0.744. The number of aryl methyl sites for hydroxylation is 1. The van der Waals surface area contributed by atoms with Gasteiger partial charge >= 0.3 is 0 Å². The van der Waals surface area contributed by atoms with E-state index in [2.05, 4.69) is 45.3 Å². The molecule has 0 radical (unpaired) electrons. The second-order valence-electron chi connectivity index (χ2n) is 5.11. The van der Waals surface area contributed by atoms with Gasteiger partial charge in [0.25, 0.3) is 0 Å². The van der Waals surface area contributed by atoms with Crippen LogP contribution >= 0.6 is 15.9 Å². The van der Waals surface area contributed by atoms with Crippen molar-refractivity contribution < 1.29 is 0 Å². The largest absolute Gasteiger partial charge is 0.398 e. The topological polar surface area (TPSA) is 50.9 Å². The average molecular weight is 342 g/mol. The van der Waals surface area contributed by atoms with E-state index in [1.165, 1.54) is 5.56 Å². The molecule has 0 aliphatic heterocycles. The predicted octanol–water partition coefficient (Wildman–Crippen LogP) is 4.94.